The predicted octanol–water partition coefficient (Wildman–Crippen LogP) is 4.22. The zero-order chi connectivity index (χ0) is 17.6. The average molecular weight is 343 g/mol. The number of carbonyl (C=O) groups is 1. The Balaban J connectivity index is 1.49. The summed E-state index contributed by atoms with van der Waals surface area (Å²) in [7, 11) is 0. The summed E-state index contributed by atoms with van der Waals surface area (Å²) in [5.41, 5.74) is 1.78. The van der Waals surface area contributed by atoms with E-state index in [4.69, 9.17) is 4.74 Å². The molecule has 3 rings (SSSR count). The van der Waals surface area contributed by atoms with Gasteiger partial charge in [0.05, 0.1) is 12.1 Å². The number of halogens is 1. The molecule has 0 radical (unpaired) electrons. The van der Waals surface area contributed by atoms with E-state index in [9.17, 15) is 14.3 Å². The second-order valence-electron chi connectivity index (χ2n) is 6.26. The third kappa shape index (κ3) is 4.37. The van der Waals surface area contributed by atoms with E-state index in [1.807, 2.05) is 30.3 Å². The fraction of sp³-hybridized carbons (Fsp3) is 0.350. The first-order valence-corrected chi connectivity index (χ1v) is 8.57. The van der Waals surface area contributed by atoms with E-state index < -0.39 is 6.10 Å². The molecule has 0 bridgehead atoms. The Kier molecular flexibility index (Phi) is 5.66. The van der Waals surface area contributed by atoms with Gasteiger partial charge in [0.1, 0.15) is 12.4 Å². The van der Waals surface area contributed by atoms with Crippen LogP contribution < -0.4 is 0 Å². The zero-order valence-corrected chi connectivity index (χ0v) is 14.0. The van der Waals surface area contributed by atoms with Gasteiger partial charge in [0.25, 0.3) is 0 Å². The summed E-state index contributed by atoms with van der Waals surface area (Å²) in [6.07, 6.45) is 1.22. The smallest absolute Gasteiger partial charge is 0.410 e. The van der Waals surface area contributed by atoms with Crippen molar-refractivity contribution in [3.05, 3.63) is 71.5 Å². The molecule has 0 aromatic heterocycles. The maximum atomic E-state index is 12.9. The standard InChI is InChI=1S/C20H22FNO3/c21-17-11-9-16(10-12-17)19(23)8-4-5-13-22-18(14-25-20(22)24)15-6-2-1-3-7-15/h1-3,6-7,9-12,18-19,23H,4-5,8,13-14H2. The number of hydrogen-bond donors (Lipinski definition) is 1. The minimum absolute atomic E-state index is 0.0456. The number of rotatable bonds is 7. The quantitative estimate of drug-likeness (QED) is 0.766. The number of aliphatic hydroxyl groups is 1. The monoisotopic (exact) mass is 343 g/mol. The van der Waals surface area contributed by atoms with Gasteiger partial charge in [-0.2, -0.15) is 0 Å². The molecule has 2 unspecified atom stereocenters. The highest BCUT2D eigenvalue weighted by molar-refractivity contribution is 5.70. The largest absolute Gasteiger partial charge is 0.447 e. The topological polar surface area (TPSA) is 49.8 Å². The SMILES string of the molecule is O=C1OCC(c2ccccc2)N1CCCCC(O)c1ccc(F)cc1. The lowest BCUT2D eigenvalue weighted by molar-refractivity contribution is 0.152. The van der Waals surface area contributed by atoms with Crippen molar-refractivity contribution in [3.8, 4) is 0 Å². The van der Waals surface area contributed by atoms with E-state index in [1.165, 1.54) is 12.1 Å². The highest BCUT2D eigenvalue weighted by Gasteiger charge is 2.33. The molecule has 1 N–H and O–H groups in total. The van der Waals surface area contributed by atoms with Gasteiger partial charge in [-0.15, -0.1) is 0 Å². The van der Waals surface area contributed by atoms with E-state index in [0.29, 0.717) is 25.1 Å². The number of amides is 1. The van der Waals surface area contributed by atoms with Crippen molar-refractivity contribution >= 4 is 6.09 Å². The summed E-state index contributed by atoms with van der Waals surface area (Å²) in [5, 5.41) is 10.2. The number of benzene rings is 2. The van der Waals surface area contributed by atoms with E-state index in [2.05, 4.69) is 0 Å². The number of hydrogen-bond acceptors (Lipinski definition) is 3. The van der Waals surface area contributed by atoms with E-state index in [1.54, 1.807) is 17.0 Å². The van der Waals surface area contributed by atoms with Crippen LogP contribution in [-0.4, -0.2) is 29.3 Å². The summed E-state index contributed by atoms with van der Waals surface area (Å²) < 4.78 is 18.1. The Morgan fingerprint density at radius 1 is 1.12 bits per heavy atom. The molecule has 4 nitrogen and oxygen atoms in total. The number of nitrogens with zero attached hydrogens (tertiary/aromatic N) is 1. The number of aliphatic hydroxyl groups excluding tert-OH is 1. The van der Waals surface area contributed by atoms with Crippen LogP contribution in [0.5, 0.6) is 0 Å². The summed E-state index contributed by atoms with van der Waals surface area (Å²) in [6, 6.07) is 15.7. The van der Waals surface area contributed by atoms with Gasteiger partial charge in [-0.1, -0.05) is 42.5 Å². The van der Waals surface area contributed by atoms with Gasteiger partial charge in [-0.05, 0) is 42.5 Å². The fourth-order valence-corrected chi connectivity index (χ4v) is 3.12. The van der Waals surface area contributed by atoms with Crippen LogP contribution in [0.4, 0.5) is 9.18 Å². The first-order valence-electron chi connectivity index (χ1n) is 8.57. The van der Waals surface area contributed by atoms with Crippen molar-refractivity contribution in [2.45, 2.75) is 31.4 Å². The van der Waals surface area contributed by atoms with E-state index in [0.717, 1.165) is 18.4 Å². The molecule has 0 aliphatic carbocycles. The minimum atomic E-state index is -0.615. The Labute approximate surface area is 146 Å². The van der Waals surface area contributed by atoms with Crippen LogP contribution in [0.15, 0.2) is 54.6 Å². The molecular formula is C20H22FNO3. The Morgan fingerprint density at radius 3 is 2.56 bits per heavy atom. The molecule has 1 saturated heterocycles. The van der Waals surface area contributed by atoms with Gasteiger partial charge >= 0.3 is 6.09 Å². The maximum absolute atomic E-state index is 12.9. The van der Waals surface area contributed by atoms with Crippen LogP contribution in [0.25, 0.3) is 0 Å². The molecule has 1 fully saturated rings. The van der Waals surface area contributed by atoms with E-state index in [-0.39, 0.29) is 18.0 Å². The van der Waals surface area contributed by atoms with Gasteiger partial charge in [-0.3, -0.25) is 4.90 Å². The lowest BCUT2D eigenvalue weighted by Crippen LogP contribution is -2.28. The molecule has 25 heavy (non-hydrogen) atoms. The van der Waals surface area contributed by atoms with Crippen LogP contribution in [0, 0.1) is 5.82 Å². The predicted molar refractivity (Wildman–Crippen MR) is 92.4 cm³/mol. The van der Waals surface area contributed by atoms with Gasteiger partial charge in [0, 0.05) is 6.54 Å². The Hall–Kier alpha value is -2.40. The number of cyclic esters (lactones) is 1. The molecule has 2 aromatic carbocycles. The summed E-state index contributed by atoms with van der Waals surface area (Å²) >= 11 is 0. The fourth-order valence-electron chi connectivity index (χ4n) is 3.12. The van der Waals surface area contributed by atoms with E-state index >= 15 is 0 Å². The molecule has 0 spiro atoms. The molecule has 5 heteroatoms. The second kappa shape index (κ2) is 8.12. The zero-order valence-electron chi connectivity index (χ0n) is 14.0. The average Bonchev–Trinajstić information content (AvgIpc) is 3.00. The highest BCUT2D eigenvalue weighted by Crippen LogP contribution is 2.28. The third-order valence-electron chi connectivity index (χ3n) is 4.54. The molecule has 2 aromatic rings. The molecule has 132 valence electrons. The van der Waals surface area contributed by atoms with Crippen LogP contribution in [0.1, 0.15) is 42.5 Å². The molecular weight excluding hydrogens is 321 g/mol. The molecule has 2 atom stereocenters. The van der Waals surface area contributed by atoms with Gasteiger partial charge < -0.3 is 9.84 Å². The lowest BCUT2D eigenvalue weighted by atomic mass is 10.0. The summed E-state index contributed by atoms with van der Waals surface area (Å²) in [6.45, 7) is 0.968. The first kappa shape index (κ1) is 17.4. The summed E-state index contributed by atoms with van der Waals surface area (Å²) in [5.74, 6) is -0.310. The van der Waals surface area contributed by atoms with Crippen LogP contribution in [0.2, 0.25) is 0 Å². The van der Waals surface area contributed by atoms with Gasteiger partial charge in [0.15, 0.2) is 0 Å². The van der Waals surface area contributed by atoms with Crippen molar-refractivity contribution in [3.63, 3.8) is 0 Å². The lowest BCUT2D eigenvalue weighted by Gasteiger charge is -2.22. The molecule has 1 amide bonds. The second-order valence-corrected chi connectivity index (χ2v) is 6.26. The molecule has 1 aliphatic heterocycles. The van der Waals surface area contributed by atoms with Crippen molar-refractivity contribution in [2.24, 2.45) is 0 Å². The van der Waals surface area contributed by atoms with Gasteiger partial charge in [0.2, 0.25) is 0 Å². The normalized spacial score (nSPS) is 18.2. The van der Waals surface area contributed by atoms with Crippen LogP contribution >= 0.6 is 0 Å². The maximum Gasteiger partial charge on any atom is 0.410 e. The number of ether oxygens (including phenoxy) is 1. The van der Waals surface area contributed by atoms with Gasteiger partial charge in [-0.25, -0.2) is 9.18 Å². The number of unbranched alkanes of at least 4 members (excludes halogenated alkanes) is 1. The van der Waals surface area contributed by atoms with Crippen molar-refractivity contribution in [1.82, 2.24) is 4.90 Å². The Morgan fingerprint density at radius 2 is 1.84 bits per heavy atom. The molecule has 0 saturated carbocycles. The minimum Gasteiger partial charge on any atom is -0.447 e. The third-order valence-corrected chi connectivity index (χ3v) is 4.54. The number of carbonyl (C=O) groups excluding carboxylic acids is 1. The van der Waals surface area contributed by atoms with Crippen molar-refractivity contribution in [1.29, 1.82) is 0 Å². The van der Waals surface area contributed by atoms with Crippen molar-refractivity contribution in [2.75, 3.05) is 13.2 Å². The Bertz CT molecular complexity index is 690. The van der Waals surface area contributed by atoms with Crippen LogP contribution in [0.3, 0.4) is 0 Å². The van der Waals surface area contributed by atoms with Crippen LogP contribution in [-0.2, 0) is 4.74 Å². The molecule has 1 aliphatic rings. The van der Waals surface area contributed by atoms with Crippen molar-refractivity contribution < 1.29 is 19.0 Å². The molecule has 1 heterocycles. The first-order chi connectivity index (χ1) is 12.1. The highest BCUT2D eigenvalue weighted by atomic mass is 19.1. The summed E-state index contributed by atoms with van der Waals surface area (Å²) in [4.78, 5) is 13.7.